The summed E-state index contributed by atoms with van der Waals surface area (Å²) in [6.45, 7) is 1.75. The maximum absolute atomic E-state index is 13.5. The van der Waals surface area contributed by atoms with E-state index in [9.17, 15) is 22.0 Å². The van der Waals surface area contributed by atoms with Gasteiger partial charge in [-0.1, -0.05) is 30.3 Å². The Morgan fingerprint density at radius 1 is 1.02 bits per heavy atom. The molecule has 3 aromatic carbocycles. The van der Waals surface area contributed by atoms with Crippen molar-refractivity contribution in [3.8, 4) is 5.75 Å². The number of anilines is 1. The molecule has 1 N–H and O–H groups in total. The third-order valence-corrected chi connectivity index (χ3v) is 7.57. The molecule has 0 aliphatic rings. The number of nitrogens with zero attached hydrogens (tertiary/aromatic N) is 3. The van der Waals surface area contributed by atoms with Gasteiger partial charge in [0.15, 0.2) is 11.6 Å². The fourth-order valence-corrected chi connectivity index (χ4v) is 5.09. The van der Waals surface area contributed by atoms with Gasteiger partial charge in [0.2, 0.25) is 5.91 Å². The lowest BCUT2D eigenvalue weighted by Crippen LogP contribution is -2.30. The van der Waals surface area contributed by atoms with E-state index in [4.69, 9.17) is 4.74 Å². The minimum absolute atomic E-state index is 0.158. The zero-order chi connectivity index (χ0) is 28.5. The number of para-hydroxylation sites is 1. The minimum atomic E-state index is -4.35. The quantitative estimate of drug-likeness (QED) is 0.238. The Kier molecular flexibility index (Phi) is 9.49. The van der Waals surface area contributed by atoms with Crippen LogP contribution >= 0.6 is 0 Å². The van der Waals surface area contributed by atoms with E-state index >= 15 is 0 Å². The zero-order valence-electron chi connectivity index (χ0n) is 22.0. The van der Waals surface area contributed by atoms with Crippen molar-refractivity contribution >= 4 is 21.6 Å². The van der Waals surface area contributed by atoms with Crippen molar-refractivity contribution in [3.63, 3.8) is 0 Å². The maximum atomic E-state index is 13.5. The molecule has 210 valence electrons. The molecular formula is C29H30F2N4O4S. The summed E-state index contributed by atoms with van der Waals surface area (Å²) in [4.78, 5) is 14.1. The van der Waals surface area contributed by atoms with Crippen molar-refractivity contribution in [1.29, 1.82) is 0 Å². The number of carbonyl (C=O) groups is 1. The first-order chi connectivity index (χ1) is 19.2. The van der Waals surface area contributed by atoms with Crippen molar-refractivity contribution in [2.45, 2.75) is 30.7 Å². The lowest BCUT2D eigenvalue weighted by atomic mass is 10.1. The fraction of sp³-hybridized carbons (Fsp3) is 0.241. The Morgan fingerprint density at radius 2 is 1.82 bits per heavy atom. The summed E-state index contributed by atoms with van der Waals surface area (Å²) < 4.78 is 61.4. The van der Waals surface area contributed by atoms with Crippen molar-refractivity contribution in [3.05, 3.63) is 108 Å². The number of halogens is 2. The van der Waals surface area contributed by atoms with Gasteiger partial charge in [0, 0.05) is 38.1 Å². The molecule has 0 aliphatic carbocycles. The van der Waals surface area contributed by atoms with Crippen LogP contribution < -0.4 is 14.4 Å². The Morgan fingerprint density at radius 3 is 2.55 bits per heavy atom. The van der Waals surface area contributed by atoms with Crippen LogP contribution in [0.1, 0.15) is 24.0 Å². The number of nitrogens with one attached hydrogen (secondary N) is 1. The van der Waals surface area contributed by atoms with Gasteiger partial charge >= 0.3 is 0 Å². The Hall–Kier alpha value is -4.25. The molecule has 1 aromatic heterocycles. The minimum Gasteiger partial charge on any atom is -0.493 e. The Balaban J connectivity index is 1.39. The Bertz CT molecular complexity index is 1530. The van der Waals surface area contributed by atoms with E-state index in [0.29, 0.717) is 31.0 Å². The smallest absolute Gasteiger partial charge is 0.264 e. The standard InChI is InChI=1S/C29H30F2N4O4S/c1-34(24-7-3-2-4-8-24)16-6-18-39-28-19-22(21-35-17-5-15-32-35)9-10-23(28)11-14-29(36)33-40(37,38)25-12-13-26(30)27(31)20-25/h2-5,7-10,12-13,15,17,19-20H,6,11,14,16,18,21H2,1H3,(H,33,36). The summed E-state index contributed by atoms with van der Waals surface area (Å²) >= 11 is 0. The molecule has 0 spiro atoms. The van der Waals surface area contributed by atoms with Gasteiger partial charge in [-0.25, -0.2) is 21.9 Å². The molecule has 1 amide bonds. The first kappa shape index (κ1) is 28.8. The maximum Gasteiger partial charge on any atom is 0.264 e. The van der Waals surface area contributed by atoms with Crippen LogP contribution in [0.3, 0.4) is 0 Å². The first-order valence-corrected chi connectivity index (χ1v) is 14.2. The van der Waals surface area contributed by atoms with E-state index in [1.807, 2.05) is 72.6 Å². The van der Waals surface area contributed by atoms with Crippen LogP contribution in [0.5, 0.6) is 5.75 Å². The van der Waals surface area contributed by atoms with Gasteiger partial charge in [0.1, 0.15) is 5.75 Å². The van der Waals surface area contributed by atoms with Crippen LogP contribution in [0, 0.1) is 11.6 Å². The molecule has 40 heavy (non-hydrogen) atoms. The van der Waals surface area contributed by atoms with E-state index in [0.717, 1.165) is 35.8 Å². The van der Waals surface area contributed by atoms with Gasteiger partial charge in [-0.3, -0.25) is 9.48 Å². The van der Waals surface area contributed by atoms with E-state index in [-0.39, 0.29) is 12.8 Å². The number of benzene rings is 3. The molecule has 0 radical (unpaired) electrons. The largest absolute Gasteiger partial charge is 0.493 e. The molecule has 4 aromatic rings. The summed E-state index contributed by atoms with van der Waals surface area (Å²) in [5.41, 5.74) is 2.80. The monoisotopic (exact) mass is 568 g/mol. The van der Waals surface area contributed by atoms with Crippen molar-refractivity contribution in [2.75, 3.05) is 25.1 Å². The molecule has 0 saturated carbocycles. The zero-order valence-corrected chi connectivity index (χ0v) is 22.8. The average Bonchev–Trinajstić information content (AvgIpc) is 3.45. The van der Waals surface area contributed by atoms with Crippen molar-refractivity contribution in [2.24, 2.45) is 0 Å². The topological polar surface area (TPSA) is 93.5 Å². The third kappa shape index (κ3) is 7.89. The first-order valence-electron chi connectivity index (χ1n) is 12.7. The number of amides is 1. The highest BCUT2D eigenvalue weighted by molar-refractivity contribution is 7.90. The molecule has 1 heterocycles. The summed E-state index contributed by atoms with van der Waals surface area (Å²) in [6.07, 6.45) is 4.35. The van der Waals surface area contributed by atoms with Crippen LogP contribution in [0.4, 0.5) is 14.5 Å². The number of hydrogen-bond acceptors (Lipinski definition) is 6. The molecular weight excluding hydrogens is 538 g/mol. The molecule has 11 heteroatoms. The number of carbonyl (C=O) groups excluding carboxylic acids is 1. The second-order valence-corrected chi connectivity index (χ2v) is 10.9. The normalized spacial score (nSPS) is 11.3. The number of aryl methyl sites for hydroxylation is 1. The highest BCUT2D eigenvalue weighted by atomic mass is 32.2. The van der Waals surface area contributed by atoms with Gasteiger partial charge in [-0.15, -0.1) is 0 Å². The summed E-state index contributed by atoms with van der Waals surface area (Å²) in [7, 11) is -2.34. The lowest BCUT2D eigenvalue weighted by molar-refractivity contribution is -0.119. The van der Waals surface area contributed by atoms with Crippen molar-refractivity contribution < 1.29 is 26.7 Å². The van der Waals surface area contributed by atoms with Gasteiger partial charge in [0.05, 0.1) is 18.0 Å². The van der Waals surface area contributed by atoms with Crippen molar-refractivity contribution in [1.82, 2.24) is 14.5 Å². The van der Waals surface area contributed by atoms with E-state index in [1.54, 1.807) is 10.9 Å². The second kappa shape index (κ2) is 13.2. The number of ether oxygens (including phenoxy) is 1. The number of sulfonamides is 1. The molecule has 0 saturated heterocycles. The molecule has 0 unspecified atom stereocenters. The SMILES string of the molecule is CN(CCCOc1cc(Cn2cccn2)ccc1CCC(=O)NS(=O)(=O)c1ccc(F)c(F)c1)c1ccccc1. The summed E-state index contributed by atoms with van der Waals surface area (Å²) in [6, 6.07) is 19.6. The lowest BCUT2D eigenvalue weighted by Gasteiger charge is -2.20. The highest BCUT2D eigenvalue weighted by Gasteiger charge is 2.20. The van der Waals surface area contributed by atoms with E-state index in [2.05, 4.69) is 10.00 Å². The van der Waals surface area contributed by atoms with Gasteiger partial charge in [-0.05, 0) is 66.4 Å². The molecule has 4 rings (SSSR count). The molecule has 0 atom stereocenters. The predicted molar refractivity (Wildman–Crippen MR) is 148 cm³/mol. The van der Waals surface area contributed by atoms with Crippen LogP contribution in [0.15, 0.2) is 90.1 Å². The average molecular weight is 569 g/mol. The van der Waals surface area contributed by atoms with Crippen LogP contribution in [-0.4, -0.2) is 44.3 Å². The van der Waals surface area contributed by atoms with Crippen LogP contribution in [-0.2, 0) is 27.8 Å². The van der Waals surface area contributed by atoms with Gasteiger partial charge < -0.3 is 9.64 Å². The van der Waals surface area contributed by atoms with Gasteiger partial charge in [0.25, 0.3) is 10.0 Å². The predicted octanol–water partition coefficient (Wildman–Crippen LogP) is 4.55. The number of hydrogen-bond donors (Lipinski definition) is 1. The fourth-order valence-electron chi connectivity index (χ4n) is 4.07. The van der Waals surface area contributed by atoms with E-state index < -0.39 is 32.5 Å². The molecule has 0 bridgehead atoms. The van der Waals surface area contributed by atoms with Crippen LogP contribution in [0.2, 0.25) is 0 Å². The van der Waals surface area contributed by atoms with Crippen LogP contribution in [0.25, 0.3) is 0 Å². The van der Waals surface area contributed by atoms with E-state index in [1.165, 1.54) is 0 Å². The molecule has 0 aliphatic heterocycles. The second-order valence-electron chi connectivity index (χ2n) is 9.21. The number of rotatable bonds is 13. The summed E-state index contributed by atoms with van der Waals surface area (Å²) in [5.74, 6) is -2.67. The summed E-state index contributed by atoms with van der Waals surface area (Å²) in [5, 5.41) is 4.23. The number of aromatic nitrogens is 2. The third-order valence-electron chi connectivity index (χ3n) is 6.20. The Labute approximate surface area is 232 Å². The van der Waals surface area contributed by atoms with Gasteiger partial charge in [-0.2, -0.15) is 5.10 Å². The molecule has 0 fully saturated rings. The molecule has 8 nitrogen and oxygen atoms in total. The highest BCUT2D eigenvalue weighted by Crippen LogP contribution is 2.24.